The highest BCUT2D eigenvalue weighted by Crippen LogP contribution is 2.12. The highest BCUT2D eigenvalue weighted by atomic mass is 127. The molecule has 2 nitrogen and oxygen atoms in total. The van der Waals surface area contributed by atoms with Crippen molar-refractivity contribution in [1.29, 1.82) is 0 Å². The number of hydrogen-bond donors (Lipinski definition) is 0. The van der Waals surface area contributed by atoms with Crippen molar-refractivity contribution >= 4 is 13.2 Å². The molecule has 0 aliphatic heterocycles. The number of benzene rings is 1. The summed E-state index contributed by atoms with van der Waals surface area (Å²) >= 11 is -0.350. The van der Waals surface area contributed by atoms with Crippen molar-refractivity contribution in [2.75, 3.05) is 7.11 Å². The molecule has 1 aromatic carbocycles. The van der Waals surface area contributed by atoms with Crippen LogP contribution in [0.2, 0.25) is 0 Å². The molecule has 0 spiro atoms. The molecular weight excluding hydrogens is 493 g/mol. The van der Waals surface area contributed by atoms with E-state index >= 15 is 0 Å². The van der Waals surface area contributed by atoms with E-state index in [1.165, 1.54) is 16.2 Å². The van der Waals surface area contributed by atoms with Crippen LogP contribution >= 0.6 is 0 Å². The highest BCUT2D eigenvalue weighted by Gasteiger charge is 2.20. The van der Waals surface area contributed by atoms with E-state index < -0.39 is 7.25 Å². The summed E-state index contributed by atoms with van der Waals surface area (Å²) in [6.07, 6.45) is 7.21. The third kappa shape index (κ3) is 19.6. The second kappa shape index (κ2) is 15.8. The number of allylic oxidation sites excluding steroid dienone is 1. The van der Waals surface area contributed by atoms with E-state index in [0.29, 0.717) is 12.8 Å². The van der Waals surface area contributed by atoms with Crippen LogP contribution in [0.5, 0.6) is 0 Å². The number of esters is 1. The first kappa shape index (κ1) is 26.9. The number of ether oxygens (including phenoxy) is 1. The summed E-state index contributed by atoms with van der Waals surface area (Å²) in [5.74, 6) is -0.0850. The summed E-state index contributed by atoms with van der Waals surface area (Å²) in [5.41, 5.74) is 1.24. The normalized spacial score (nSPS) is 11.6. The van der Waals surface area contributed by atoms with Gasteiger partial charge in [0.1, 0.15) is 5.83 Å². The van der Waals surface area contributed by atoms with Crippen LogP contribution in [0.1, 0.15) is 56.9 Å². The molecule has 0 aromatic heterocycles. The number of halogens is 6. The zero-order chi connectivity index (χ0) is 21.4. The lowest BCUT2D eigenvalue weighted by Gasteiger charge is -2.01. The van der Waals surface area contributed by atoms with Gasteiger partial charge in [-0.05, 0) is 31.9 Å². The maximum atomic E-state index is 13.8. The summed E-state index contributed by atoms with van der Waals surface area (Å²) in [6, 6.07) is 8.36. The Hall–Kier alpha value is -1.13. The monoisotopic (exact) mass is 520 g/mol. The number of aryl methyl sites for hydroxylation is 1. The molecule has 0 bridgehead atoms. The van der Waals surface area contributed by atoms with E-state index in [1.807, 2.05) is 0 Å². The van der Waals surface area contributed by atoms with Crippen LogP contribution in [0.4, 0.5) is 21.7 Å². The van der Waals surface area contributed by atoms with Gasteiger partial charge in [0.2, 0.25) is 0 Å². The molecular formula is C19H27BF5IO2. The lowest BCUT2D eigenvalue weighted by molar-refractivity contribution is -0.558. The van der Waals surface area contributed by atoms with Crippen molar-refractivity contribution in [3.8, 4) is 0 Å². The first-order valence-electron chi connectivity index (χ1n) is 9.10. The van der Waals surface area contributed by atoms with Crippen LogP contribution < -0.4 is 21.2 Å². The van der Waals surface area contributed by atoms with Crippen LogP contribution in [0, 0.1) is 10.5 Å². The fraction of sp³-hybridized carbons (Fsp3) is 0.526. The zero-order valence-electron chi connectivity index (χ0n) is 16.2. The fourth-order valence-corrected chi connectivity index (χ4v) is 3.94. The minimum atomic E-state index is -6.00. The van der Waals surface area contributed by atoms with Gasteiger partial charge >= 0.3 is 34.4 Å². The first-order valence-corrected chi connectivity index (χ1v) is 11.4. The quantitative estimate of drug-likeness (QED) is 0.147. The molecule has 0 radical (unpaired) electrons. The van der Waals surface area contributed by atoms with Crippen molar-refractivity contribution in [3.63, 3.8) is 0 Å². The van der Waals surface area contributed by atoms with Gasteiger partial charge in [-0.1, -0.05) is 43.4 Å². The minimum absolute atomic E-state index is 0.0454. The molecule has 0 atom stereocenters. The molecule has 0 heterocycles. The Balaban J connectivity index is 0.00000129. The number of methoxy groups -OCH3 is 1. The van der Waals surface area contributed by atoms with Gasteiger partial charge in [-0.2, -0.15) is 0 Å². The summed E-state index contributed by atoms with van der Waals surface area (Å²) in [7, 11) is -4.58. The number of unbranched alkanes of at least 4 members (excludes halogenated alkanes) is 5. The lowest BCUT2D eigenvalue weighted by atomic mass is 10.1. The minimum Gasteiger partial charge on any atom is -0.469 e. The Morgan fingerprint density at radius 1 is 0.964 bits per heavy atom. The van der Waals surface area contributed by atoms with Gasteiger partial charge in [-0.3, -0.25) is 4.79 Å². The predicted molar refractivity (Wildman–Crippen MR) is 98.2 cm³/mol. The second-order valence-corrected chi connectivity index (χ2v) is 8.64. The zero-order valence-corrected chi connectivity index (χ0v) is 18.4. The third-order valence-electron chi connectivity index (χ3n) is 3.58. The van der Waals surface area contributed by atoms with Gasteiger partial charge in [0.05, 0.1) is 7.11 Å². The third-order valence-corrected chi connectivity index (χ3v) is 6.01. The van der Waals surface area contributed by atoms with Gasteiger partial charge in [0.15, 0.2) is 7.65 Å². The summed E-state index contributed by atoms with van der Waals surface area (Å²) in [4.78, 5) is 10.9. The largest absolute Gasteiger partial charge is 0.673 e. The molecule has 0 aliphatic rings. The molecule has 1 rings (SSSR count). The van der Waals surface area contributed by atoms with E-state index in [4.69, 9.17) is 0 Å². The topological polar surface area (TPSA) is 26.3 Å². The van der Waals surface area contributed by atoms with Gasteiger partial charge < -0.3 is 22.0 Å². The molecule has 160 valence electrons. The van der Waals surface area contributed by atoms with Crippen LogP contribution in [0.3, 0.4) is 0 Å². The summed E-state index contributed by atoms with van der Waals surface area (Å²) < 4.78 is 60.4. The standard InChI is InChI=1S/C19H27FIO2.BF4/c1-16-11-13-18(14-12-16)21-15-17(20)9-7-5-3-4-6-8-10-19(22)23-2;2-1(3,4)5/h11-15H,3-10H2,1-2H3;/q+1;-1/b17-15+;. The van der Waals surface area contributed by atoms with Crippen molar-refractivity contribution in [2.45, 2.75) is 58.3 Å². The molecule has 0 unspecified atom stereocenters. The van der Waals surface area contributed by atoms with E-state index in [-0.39, 0.29) is 33.0 Å². The smallest absolute Gasteiger partial charge is 0.469 e. The maximum Gasteiger partial charge on any atom is 0.673 e. The van der Waals surface area contributed by atoms with E-state index in [2.05, 4.69) is 35.9 Å². The maximum absolute atomic E-state index is 13.8. The van der Waals surface area contributed by atoms with Crippen molar-refractivity contribution in [3.05, 3.63) is 43.3 Å². The van der Waals surface area contributed by atoms with Crippen LogP contribution in [-0.2, 0) is 9.53 Å². The second-order valence-electron chi connectivity index (χ2n) is 6.15. The molecule has 9 heteroatoms. The SMILES string of the molecule is COC(=O)CCCCCCCC/C(F)=C\[I+]c1ccc(C)cc1.F[B-](F)(F)F. The highest BCUT2D eigenvalue weighted by molar-refractivity contribution is 6.50. The molecule has 28 heavy (non-hydrogen) atoms. The van der Waals surface area contributed by atoms with Gasteiger partial charge in [0, 0.05) is 12.8 Å². The van der Waals surface area contributed by atoms with Gasteiger partial charge in [-0.15, -0.1) is 0 Å². The van der Waals surface area contributed by atoms with E-state index in [1.54, 1.807) is 4.08 Å². The Bertz CT molecular complexity index is 571. The van der Waals surface area contributed by atoms with Crippen LogP contribution in [0.15, 0.2) is 34.2 Å². The van der Waals surface area contributed by atoms with E-state index in [0.717, 1.165) is 38.5 Å². The van der Waals surface area contributed by atoms with E-state index in [9.17, 15) is 26.4 Å². The summed E-state index contributed by atoms with van der Waals surface area (Å²) in [6.45, 7) is 2.06. The van der Waals surface area contributed by atoms with Crippen molar-refractivity contribution < 1.29 is 52.4 Å². The predicted octanol–water partition coefficient (Wildman–Crippen LogP) is 3.66. The van der Waals surface area contributed by atoms with Crippen LogP contribution in [-0.4, -0.2) is 20.3 Å². The Morgan fingerprint density at radius 2 is 1.43 bits per heavy atom. The Labute approximate surface area is 174 Å². The molecule has 0 amide bonds. The number of hydrogen-bond acceptors (Lipinski definition) is 2. The number of rotatable bonds is 11. The molecule has 1 aromatic rings. The number of carbonyl (C=O) groups excluding carboxylic acids is 1. The van der Waals surface area contributed by atoms with Crippen molar-refractivity contribution in [2.24, 2.45) is 0 Å². The Morgan fingerprint density at radius 3 is 1.93 bits per heavy atom. The molecule has 0 N–H and O–H groups in total. The molecule has 0 saturated carbocycles. The van der Waals surface area contributed by atoms with Crippen molar-refractivity contribution in [1.82, 2.24) is 0 Å². The Kier molecular flexibility index (Phi) is 15.1. The molecule has 0 aliphatic carbocycles. The average Bonchev–Trinajstić information content (AvgIpc) is 2.61. The number of carbonyl (C=O) groups is 1. The van der Waals surface area contributed by atoms with Crippen LogP contribution in [0.25, 0.3) is 0 Å². The fourth-order valence-electron chi connectivity index (χ4n) is 2.16. The molecule has 0 saturated heterocycles. The first-order chi connectivity index (χ1) is 13.1. The molecule has 0 fully saturated rings. The average molecular weight is 520 g/mol. The summed E-state index contributed by atoms with van der Waals surface area (Å²) in [5, 5.41) is 0. The van der Waals surface area contributed by atoms with Gasteiger partial charge in [0.25, 0.3) is 0 Å². The lowest BCUT2D eigenvalue weighted by Crippen LogP contribution is -3.59. The van der Waals surface area contributed by atoms with Gasteiger partial charge in [-0.25, -0.2) is 4.39 Å².